The molecule has 0 unspecified atom stereocenters. The summed E-state index contributed by atoms with van der Waals surface area (Å²) >= 11 is 0. The Morgan fingerprint density at radius 3 is 2.15 bits per heavy atom. The standard InChI is InChI=1S/C20H25N5O2/c1-14(26)21-16-8-10-17(11-9-16)22-19-13-12-18(24-25-19)20(27)23-15-6-4-2-3-5-7-15/h8-13,15H,2-7H2,1H3,(H,21,26)(H,22,25)(H,23,27). The zero-order valence-electron chi connectivity index (χ0n) is 15.5. The first-order chi connectivity index (χ1) is 13.1. The van der Waals surface area contributed by atoms with Crippen LogP contribution in [0.1, 0.15) is 55.9 Å². The molecule has 1 fully saturated rings. The number of carbonyl (C=O) groups excluding carboxylic acids is 2. The molecule has 0 spiro atoms. The first-order valence-electron chi connectivity index (χ1n) is 9.39. The van der Waals surface area contributed by atoms with Gasteiger partial charge in [-0.05, 0) is 49.2 Å². The van der Waals surface area contributed by atoms with Crippen molar-refractivity contribution in [2.24, 2.45) is 0 Å². The zero-order valence-corrected chi connectivity index (χ0v) is 15.5. The molecule has 2 aromatic rings. The first-order valence-corrected chi connectivity index (χ1v) is 9.39. The van der Waals surface area contributed by atoms with Crippen LogP contribution in [0.3, 0.4) is 0 Å². The fraction of sp³-hybridized carbons (Fsp3) is 0.400. The molecule has 0 saturated heterocycles. The molecular weight excluding hydrogens is 342 g/mol. The number of nitrogens with zero attached hydrogens (tertiary/aromatic N) is 2. The van der Waals surface area contributed by atoms with E-state index < -0.39 is 0 Å². The predicted octanol–water partition coefficient (Wildman–Crippen LogP) is 3.63. The van der Waals surface area contributed by atoms with Crippen molar-refractivity contribution in [3.8, 4) is 0 Å². The van der Waals surface area contributed by atoms with Crippen molar-refractivity contribution in [3.63, 3.8) is 0 Å². The Kier molecular flexibility index (Phi) is 6.35. The van der Waals surface area contributed by atoms with Gasteiger partial charge >= 0.3 is 0 Å². The Morgan fingerprint density at radius 1 is 0.889 bits per heavy atom. The van der Waals surface area contributed by atoms with E-state index in [1.165, 1.54) is 32.6 Å². The number of aromatic nitrogens is 2. The number of carbonyl (C=O) groups is 2. The molecule has 1 saturated carbocycles. The molecule has 27 heavy (non-hydrogen) atoms. The summed E-state index contributed by atoms with van der Waals surface area (Å²) < 4.78 is 0. The minimum Gasteiger partial charge on any atom is -0.348 e. The summed E-state index contributed by atoms with van der Waals surface area (Å²) in [7, 11) is 0. The molecule has 7 nitrogen and oxygen atoms in total. The molecule has 3 N–H and O–H groups in total. The van der Waals surface area contributed by atoms with Crippen molar-refractivity contribution >= 4 is 29.0 Å². The third-order valence-electron chi connectivity index (χ3n) is 4.57. The second-order valence-electron chi connectivity index (χ2n) is 6.85. The molecule has 1 aromatic heterocycles. The molecule has 142 valence electrons. The molecule has 0 aliphatic heterocycles. The Hall–Kier alpha value is -2.96. The second-order valence-corrected chi connectivity index (χ2v) is 6.85. The lowest BCUT2D eigenvalue weighted by Gasteiger charge is -2.15. The summed E-state index contributed by atoms with van der Waals surface area (Å²) in [5.74, 6) is 0.271. The number of anilines is 3. The number of rotatable bonds is 5. The van der Waals surface area contributed by atoms with Crippen molar-refractivity contribution in [2.45, 2.75) is 51.5 Å². The van der Waals surface area contributed by atoms with Crippen LogP contribution in [0.25, 0.3) is 0 Å². The lowest BCUT2D eigenvalue weighted by molar-refractivity contribution is -0.114. The maximum absolute atomic E-state index is 12.4. The number of hydrogen-bond donors (Lipinski definition) is 3. The van der Waals surface area contributed by atoms with Gasteiger partial charge in [0.25, 0.3) is 5.91 Å². The molecule has 1 heterocycles. The molecule has 2 amide bonds. The highest BCUT2D eigenvalue weighted by molar-refractivity contribution is 5.92. The summed E-state index contributed by atoms with van der Waals surface area (Å²) in [5, 5.41) is 17.0. The second kappa shape index (κ2) is 9.12. The first kappa shape index (κ1) is 18.8. The molecular formula is C20H25N5O2. The minimum absolute atomic E-state index is 0.112. The molecule has 0 radical (unpaired) electrons. The monoisotopic (exact) mass is 367 g/mol. The highest BCUT2D eigenvalue weighted by atomic mass is 16.2. The van der Waals surface area contributed by atoms with Crippen LogP contribution in [0.2, 0.25) is 0 Å². The van der Waals surface area contributed by atoms with E-state index in [0.717, 1.165) is 24.2 Å². The lowest BCUT2D eigenvalue weighted by Crippen LogP contribution is -2.35. The van der Waals surface area contributed by atoms with Crippen molar-refractivity contribution in [2.75, 3.05) is 10.6 Å². The van der Waals surface area contributed by atoms with Crippen LogP contribution in [0.5, 0.6) is 0 Å². The van der Waals surface area contributed by atoms with E-state index in [9.17, 15) is 9.59 Å². The fourth-order valence-corrected chi connectivity index (χ4v) is 3.19. The minimum atomic E-state index is -0.166. The Labute approximate surface area is 159 Å². The van der Waals surface area contributed by atoms with Gasteiger partial charge in [-0.25, -0.2) is 0 Å². The average molecular weight is 367 g/mol. The largest absolute Gasteiger partial charge is 0.348 e. The van der Waals surface area contributed by atoms with E-state index in [4.69, 9.17) is 0 Å². The summed E-state index contributed by atoms with van der Waals surface area (Å²) in [6.07, 6.45) is 6.90. The van der Waals surface area contributed by atoms with Gasteiger partial charge in [0, 0.05) is 24.3 Å². The molecule has 0 bridgehead atoms. The van der Waals surface area contributed by atoms with Gasteiger partial charge in [-0.3, -0.25) is 9.59 Å². The van der Waals surface area contributed by atoms with Gasteiger partial charge in [0.2, 0.25) is 5.91 Å². The number of hydrogen-bond acceptors (Lipinski definition) is 5. The maximum Gasteiger partial charge on any atom is 0.272 e. The van der Waals surface area contributed by atoms with Gasteiger partial charge in [-0.15, -0.1) is 10.2 Å². The van der Waals surface area contributed by atoms with E-state index in [0.29, 0.717) is 11.5 Å². The lowest BCUT2D eigenvalue weighted by atomic mass is 10.1. The van der Waals surface area contributed by atoms with Crippen LogP contribution in [0.15, 0.2) is 36.4 Å². The average Bonchev–Trinajstić information content (AvgIpc) is 2.92. The van der Waals surface area contributed by atoms with Crippen molar-refractivity contribution < 1.29 is 9.59 Å². The van der Waals surface area contributed by atoms with E-state index in [-0.39, 0.29) is 17.9 Å². The molecule has 3 rings (SSSR count). The molecule has 1 aliphatic rings. The van der Waals surface area contributed by atoms with E-state index in [1.807, 2.05) is 12.1 Å². The smallest absolute Gasteiger partial charge is 0.272 e. The Morgan fingerprint density at radius 2 is 1.56 bits per heavy atom. The van der Waals surface area contributed by atoms with E-state index in [1.54, 1.807) is 24.3 Å². The van der Waals surface area contributed by atoms with Gasteiger partial charge in [0.1, 0.15) is 0 Å². The summed E-state index contributed by atoms with van der Waals surface area (Å²) in [6, 6.07) is 10.9. The highest BCUT2D eigenvalue weighted by Crippen LogP contribution is 2.19. The van der Waals surface area contributed by atoms with Crippen molar-refractivity contribution in [3.05, 3.63) is 42.1 Å². The fourth-order valence-electron chi connectivity index (χ4n) is 3.19. The van der Waals surface area contributed by atoms with Gasteiger partial charge in [0.05, 0.1) is 0 Å². The normalized spacial score (nSPS) is 14.9. The summed E-state index contributed by atoms with van der Waals surface area (Å²) in [5.41, 5.74) is 1.87. The van der Waals surface area contributed by atoms with Crippen molar-refractivity contribution in [1.29, 1.82) is 0 Å². The molecule has 7 heteroatoms. The topological polar surface area (TPSA) is 96.0 Å². The van der Waals surface area contributed by atoms with Gasteiger partial charge in [-0.2, -0.15) is 0 Å². The Bertz CT molecular complexity index is 766. The summed E-state index contributed by atoms with van der Waals surface area (Å²) in [6.45, 7) is 1.47. The van der Waals surface area contributed by atoms with Crippen LogP contribution < -0.4 is 16.0 Å². The Balaban J connectivity index is 1.56. The predicted molar refractivity (Wildman–Crippen MR) is 105 cm³/mol. The van der Waals surface area contributed by atoms with Crippen LogP contribution in [0, 0.1) is 0 Å². The maximum atomic E-state index is 12.4. The molecule has 1 aliphatic carbocycles. The number of nitrogens with one attached hydrogen (secondary N) is 3. The van der Waals surface area contributed by atoms with Gasteiger partial charge in [0.15, 0.2) is 11.5 Å². The third-order valence-corrected chi connectivity index (χ3v) is 4.57. The molecule has 1 aromatic carbocycles. The van der Waals surface area contributed by atoms with Crippen LogP contribution in [-0.4, -0.2) is 28.1 Å². The number of benzene rings is 1. The van der Waals surface area contributed by atoms with Gasteiger partial charge < -0.3 is 16.0 Å². The molecule has 0 atom stereocenters. The van der Waals surface area contributed by atoms with E-state index >= 15 is 0 Å². The third kappa shape index (κ3) is 5.77. The zero-order chi connectivity index (χ0) is 19.1. The summed E-state index contributed by atoms with van der Waals surface area (Å²) in [4.78, 5) is 23.4. The number of amides is 2. The van der Waals surface area contributed by atoms with E-state index in [2.05, 4.69) is 26.1 Å². The quantitative estimate of drug-likeness (QED) is 0.701. The van der Waals surface area contributed by atoms with Crippen molar-refractivity contribution in [1.82, 2.24) is 15.5 Å². The van der Waals surface area contributed by atoms with Crippen LogP contribution >= 0.6 is 0 Å². The SMILES string of the molecule is CC(=O)Nc1ccc(Nc2ccc(C(=O)NC3CCCCCC3)nn2)cc1. The van der Waals surface area contributed by atoms with Gasteiger partial charge in [-0.1, -0.05) is 25.7 Å². The van der Waals surface area contributed by atoms with Crippen LogP contribution in [-0.2, 0) is 4.79 Å². The highest BCUT2D eigenvalue weighted by Gasteiger charge is 2.16. The van der Waals surface area contributed by atoms with Crippen LogP contribution in [0.4, 0.5) is 17.2 Å².